The van der Waals surface area contributed by atoms with Crippen molar-refractivity contribution in [3.8, 4) is 0 Å². The number of hydrogen-bond acceptors (Lipinski definition) is 3. The van der Waals surface area contributed by atoms with Crippen LogP contribution in [0, 0.1) is 13.8 Å². The number of aryl methyl sites for hydroxylation is 2. The molecule has 0 spiro atoms. The summed E-state index contributed by atoms with van der Waals surface area (Å²) in [6, 6.07) is 10.6. The number of anilines is 3. The quantitative estimate of drug-likeness (QED) is 0.722. The second kappa shape index (κ2) is 5.02. The summed E-state index contributed by atoms with van der Waals surface area (Å²) in [4.78, 5) is 12.2. The van der Waals surface area contributed by atoms with Crippen LogP contribution in [0.15, 0.2) is 36.4 Å². The molecule has 0 aliphatic rings. The van der Waals surface area contributed by atoms with Crippen LogP contribution < -0.4 is 16.8 Å². The smallest absolute Gasteiger partial charge is 0.255 e. The van der Waals surface area contributed by atoms with E-state index in [0.717, 1.165) is 16.8 Å². The van der Waals surface area contributed by atoms with Crippen molar-refractivity contribution in [2.24, 2.45) is 0 Å². The van der Waals surface area contributed by atoms with Gasteiger partial charge in [-0.2, -0.15) is 0 Å². The van der Waals surface area contributed by atoms with E-state index in [2.05, 4.69) is 5.32 Å². The summed E-state index contributed by atoms with van der Waals surface area (Å²) in [6.07, 6.45) is 0. The molecule has 0 aliphatic carbocycles. The Hall–Kier alpha value is -2.49. The zero-order chi connectivity index (χ0) is 14.0. The van der Waals surface area contributed by atoms with Crippen molar-refractivity contribution in [3.63, 3.8) is 0 Å². The highest BCUT2D eigenvalue weighted by Crippen LogP contribution is 2.20. The maximum absolute atomic E-state index is 12.2. The lowest BCUT2D eigenvalue weighted by atomic mass is 10.1. The van der Waals surface area contributed by atoms with Gasteiger partial charge in [-0.05, 0) is 61.4 Å². The summed E-state index contributed by atoms with van der Waals surface area (Å²) in [5, 5.41) is 2.88. The Labute approximate surface area is 112 Å². The normalized spacial score (nSPS) is 10.2. The van der Waals surface area contributed by atoms with E-state index in [4.69, 9.17) is 11.5 Å². The number of nitrogens with one attached hydrogen (secondary N) is 1. The van der Waals surface area contributed by atoms with E-state index in [1.807, 2.05) is 19.9 Å². The van der Waals surface area contributed by atoms with Crippen LogP contribution in [0.2, 0.25) is 0 Å². The highest BCUT2D eigenvalue weighted by atomic mass is 16.1. The van der Waals surface area contributed by atoms with Crippen LogP contribution in [0.4, 0.5) is 17.1 Å². The van der Waals surface area contributed by atoms with Crippen molar-refractivity contribution >= 4 is 23.0 Å². The molecule has 0 bridgehead atoms. The number of carbonyl (C=O) groups excluding carboxylic acids is 1. The van der Waals surface area contributed by atoms with E-state index in [-0.39, 0.29) is 5.91 Å². The van der Waals surface area contributed by atoms with Crippen molar-refractivity contribution in [1.82, 2.24) is 0 Å². The van der Waals surface area contributed by atoms with Gasteiger partial charge in [-0.3, -0.25) is 4.79 Å². The number of nitrogens with two attached hydrogens (primary N) is 2. The van der Waals surface area contributed by atoms with E-state index in [1.54, 1.807) is 30.3 Å². The second-order valence-corrected chi connectivity index (χ2v) is 4.60. The molecule has 4 heteroatoms. The molecular weight excluding hydrogens is 238 g/mol. The lowest BCUT2D eigenvalue weighted by molar-refractivity contribution is 0.102. The summed E-state index contributed by atoms with van der Waals surface area (Å²) in [5.74, 6) is -0.148. The fourth-order valence-corrected chi connectivity index (χ4v) is 1.96. The third-order valence-electron chi connectivity index (χ3n) is 2.99. The molecule has 2 rings (SSSR count). The fraction of sp³-hybridized carbons (Fsp3) is 0.133. The van der Waals surface area contributed by atoms with Gasteiger partial charge in [0.15, 0.2) is 0 Å². The Morgan fingerprint density at radius 2 is 1.53 bits per heavy atom. The first-order valence-electron chi connectivity index (χ1n) is 6.01. The van der Waals surface area contributed by atoms with Crippen LogP contribution in [0.25, 0.3) is 0 Å². The fourth-order valence-electron chi connectivity index (χ4n) is 1.96. The Morgan fingerprint density at radius 1 is 0.947 bits per heavy atom. The number of amides is 1. The van der Waals surface area contributed by atoms with Gasteiger partial charge in [-0.15, -0.1) is 0 Å². The molecule has 0 saturated heterocycles. The average molecular weight is 255 g/mol. The minimum absolute atomic E-state index is 0.148. The van der Waals surface area contributed by atoms with Crippen LogP contribution in [0.1, 0.15) is 21.5 Å². The molecule has 98 valence electrons. The van der Waals surface area contributed by atoms with Crippen LogP contribution in [-0.4, -0.2) is 5.91 Å². The highest BCUT2D eigenvalue weighted by Gasteiger charge is 2.10. The Morgan fingerprint density at radius 3 is 2.11 bits per heavy atom. The van der Waals surface area contributed by atoms with Gasteiger partial charge in [0.05, 0.1) is 0 Å². The lowest BCUT2D eigenvalue weighted by Gasteiger charge is -2.11. The van der Waals surface area contributed by atoms with Crippen molar-refractivity contribution in [2.45, 2.75) is 13.8 Å². The van der Waals surface area contributed by atoms with Crippen molar-refractivity contribution in [2.75, 3.05) is 16.8 Å². The number of benzene rings is 2. The molecule has 0 aromatic heterocycles. The highest BCUT2D eigenvalue weighted by molar-refractivity contribution is 6.05. The first-order chi connectivity index (χ1) is 8.97. The molecule has 1 amide bonds. The van der Waals surface area contributed by atoms with Gasteiger partial charge in [0, 0.05) is 22.6 Å². The summed E-state index contributed by atoms with van der Waals surface area (Å²) >= 11 is 0. The molecule has 0 atom stereocenters. The molecule has 0 radical (unpaired) electrons. The van der Waals surface area contributed by atoms with Gasteiger partial charge in [0.25, 0.3) is 5.91 Å². The Bertz CT molecular complexity index is 635. The molecule has 19 heavy (non-hydrogen) atoms. The van der Waals surface area contributed by atoms with Gasteiger partial charge >= 0.3 is 0 Å². The van der Waals surface area contributed by atoms with Crippen LogP contribution in [0.5, 0.6) is 0 Å². The third-order valence-corrected chi connectivity index (χ3v) is 2.99. The first kappa shape index (κ1) is 13.0. The second-order valence-electron chi connectivity index (χ2n) is 4.60. The molecule has 2 aromatic rings. The number of nitrogen functional groups attached to an aromatic ring is 2. The summed E-state index contributed by atoms with van der Waals surface area (Å²) in [5.41, 5.74) is 15.8. The maximum Gasteiger partial charge on any atom is 0.255 e. The minimum atomic E-state index is -0.148. The molecule has 5 N–H and O–H groups in total. The van der Waals surface area contributed by atoms with E-state index in [1.165, 1.54) is 0 Å². The number of rotatable bonds is 2. The predicted molar refractivity (Wildman–Crippen MR) is 79.1 cm³/mol. The van der Waals surface area contributed by atoms with Crippen LogP contribution in [0.3, 0.4) is 0 Å². The van der Waals surface area contributed by atoms with Gasteiger partial charge < -0.3 is 16.8 Å². The van der Waals surface area contributed by atoms with Crippen molar-refractivity contribution < 1.29 is 4.79 Å². The summed E-state index contributed by atoms with van der Waals surface area (Å²) < 4.78 is 0. The number of hydrogen-bond donors (Lipinski definition) is 3. The largest absolute Gasteiger partial charge is 0.399 e. The predicted octanol–water partition coefficient (Wildman–Crippen LogP) is 2.72. The molecule has 0 aliphatic heterocycles. The molecule has 4 nitrogen and oxygen atoms in total. The Kier molecular flexibility index (Phi) is 3.42. The van der Waals surface area contributed by atoms with E-state index < -0.39 is 0 Å². The topological polar surface area (TPSA) is 81.1 Å². The number of carbonyl (C=O) groups is 1. The van der Waals surface area contributed by atoms with Gasteiger partial charge in [0.2, 0.25) is 0 Å². The monoisotopic (exact) mass is 255 g/mol. The van der Waals surface area contributed by atoms with E-state index in [0.29, 0.717) is 16.9 Å². The maximum atomic E-state index is 12.2. The summed E-state index contributed by atoms with van der Waals surface area (Å²) in [6.45, 7) is 3.77. The zero-order valence-corrected chi connectivity index (χ0v) is 11.0. The minimum Gasteiger partial charge on any atom is -0.399 e. The molecule has 0 saturated carbocycles. The van der Waals surface area contributed by atoms with E-state index >= 15 is 0 Å². The van der Waals surface area contributed by atoms with Gasteiger partial charge in [-0.1, -0.05) is 0 Å². The molecule has 2 aromatic carbocycles. The zero-order valence-electron chi connectivity index (χ0n) is 11.0. The molecular formula is C15H17N3O. The van der Waals surface area contributed by atoms with Gasteiger partial charge in [-0.25, -0.2) is 0 Å². The lowest BCUT2D eigenvalue weighted by Crippen LogP contribution is -2.14. The van der Waals surface area contributed by atoms with Gasteiger partial charge in [0.1, 0.15) is 0 Å². The standard InChI is InChI=1S/C15H17N3O/c1-9-7-11(16)3-5-13(9)15(19)18-14-6-4-12(17)8-10(14)2/h3-8H,16-17H2,1-2H3,(H,18,19). The van der Waals surface area contributed by atoms with Crippen molar-refractivity contribution in [1.29, 1.82) is 0 Å². The SMILES string of the molecule is Cc1cc(N)ccc1NC(=O)c1ccc(N)cc1C. The van der Waals surface area contributed by atoms with Crippen LogP contribution in [-0.2, 0) is 0 Å². The summed E-state index contributed by atoms with van der Waals surface area (Å²) in [7, 11) is 0. The van der Waals surface area contributed by atoms with E-state index in [9.17, 15) is 4.79 Å². The average Bonchev–Trinajstić information content (AvgIpc) is 2.32. The van der Waals surface area contributed by atoms with Crippen molar-refractivity contribution in [3.05, 3.63) is 53.1 Å². The first-order valence-corrected chi connectivity index (χ1v) is 6.01. The molecule has 0 unspecified atom stereocenters. The molecule has 0 heterocycles. The third kappa shape index (κ3) is 2.85. The van der Waals surface area contributed by atoms with Crippen LogP contribution >= 0.6 is 0 Å². The Balaban J connectivity index is 2.25. The molecule has 0 fully saturated rings.